The number of nitrogens with zero attached hydrogens (tertiary/aromatic N) is 1. The molecule has 0 atom stereocenters. The van der Waals surface area contributed by atoms with Crippen molar-refractivity contribution < 1.29 is 4.39 Å². The van der Waals surface area contributed by atoms with E-state index < -0.39 is 0 Å². The van der Waals surface area contributed by atoms with Gasteiger partial charge in [0.05, 0.1) is 0 Å². The van der Waals surface area contributed by atoms with E-state index in [4.69, 9.17) is 11.6 Å². The average molecular weight is 321 g/mol. The van der Waals surface area contributed by atoms with Crippen LogP contribution in [0.15, 0.2) is 18.2 Å². The Hall–Kier alpha value is -0.120. The topological polar surface area (TPSA) is 3.24 Å². The van der Waals surface area contributed by atoms with Gasteiger partial charge in [-0.3, -0.25) is 4.90 Å². The third kappa shape index (κ3) is 3.21. The van der Waals surface area contributed by atoms with Gasteiger partial charge in [-0.1, -0.05) is 40.0 Å². The molecule has 1 aromatic carbocycles. The molecule has 94 valence electrons. The van der Waals surface area contributed by atoms with Crippen LogP contribution in [0.4, 0.5) is 4.39 Å². The molecule has 1 aliphatic carbocycles. The Morgan fingerprint density at radius 2 is 2.18 bits per heavy atom. The highest BCUT2D eigenvalue weighted by atomic mass is 79.9. The number of hydrogen-bond donors (Lipinski definition) is 0. The fraction of sp³-hybridized carbons (Fsp3) is 0.538. The molecule has 0 bridgehead atoms. The van der Waals surface area contributed by atoms with Crippen molar-refractivity contribution in [3.05, 3.63) is 34.6 Å². The summed E-state index contributed by atoms with van der Waals surface area (Å²) in [4.78, 5) is 2.32. The Morgan fingerprint density at radius 1 is 1.41 bits per heavy atom. The standard InChI is InChI=1S/C13H16BrClFN/c14-7-8-17(10-3-1-4-10)9-11-12(15)5-2-6-13(11)16/h2,5-6,10H,1,3-4,7-9H2. The van der Waals surface area contributed by atoms with Crippen LogP contribution in [0.1, 0.15) is 24.8 Å². The Bertz CT molecular complexity index is 361. The predicted molar refractivity (Wildman–Crippen MR) is 73.3 cm³/mol. The average Bonchev–Trinajstić information content (AvgIpc) is 2.21. The van der Waals surface area contributed by atoms with Gasteiger partial charge in [-0.05, 0) is 25.0 Å². The molecule has 4 heteroatoms. The summed E-state index contributed by atoms with van der Waals surface area (Å²) in [6.07, 6.45) is 3.73. The van der Waals surface area contributed by atoms with Gasteiger partial charge in [0.2, 0.25) is 0 Å². The second-order valence-corrected chi connectivity index (χ2v) is 5.64. The fourth-order valence-electron chi connectivity index (χ4n) is 2.14. The number of hydrogen-bond acceptors (Lipinski definition) is 1. The molecule has 1 nitrogen and oxygen atoms in total. The fourth-order valence-corrected chi connectivity index (χ4v) is 2.82. The van der Waals surface area contributed by atoms with E-state index in [9.17, 15) is 4.39 Å². The lowest BCUT2D eigenvalue weighted by atomic mass is 9.91. The summed E-state index contributed by atoms with van der Waals surface area (Å²) < 4.78 is 13.7. The van der Waals surface area contributed by atoms with Gasteiger partial charge in [-0.25, -0.2) is 4.39 Å². The highest BCUT2D eigenvalue weighted by Gasteiger charge is 2.25. The minimum Gasteiger partial charge on any atom is -0.295 e. The van der Waals surface area contributed by atoms with Crippen LogP contribution >= 0.6 is 27.5 Å². The monoisotopic (exact) mass is 319 g/mol. The third-order valence-electron chi connectivity index (χ3n) is 3.39. The number of alkyl halides is 1. The lowest BCUT2D eigenvalue weighted by Gasteiger charge is -2.37. The maximum Gasteiger partial charge on any atom is 0.129 e. The first-order chi connectivity index (χ1) is 8.22. The van der Waals surface area contributed by atoms with E-state index in [2.05, 4.69) is 20.8 Å². The first kappa shape index (κ1) is 13.3. The van der Waals surface area contributed by atoms with Crippen molar-refractivity contribution in [2.24, 2.45) is 0 Å². The van der Waals surface area contributed by atoms with Crippen molar-refractivity contribution >= 4 is 27.5 Å². The first-order valence-electron chi connectivity index (χ1n) is 5.95. The summed E-state index contributed by atoms with van der Waals surface area (Å²) in [5.74, 6) is -0.198. The molecule has 0 N–H and O–H groups in total. The van der Waals surface area contributed by atoms with Gasteiger partial charge in [0.15, 0.2) is 0 Å². The first-order valence-corrected chi connectivity index (χ1v) is 7.45. The van der Waals surface area contributed by atoms with Crippen molar-refractivity contribution in [2.75, 3.05) is 11.9 Å². The van der Waals surface area contributed by atoms with Crippen LogP contribution in [0.5, 0.6) is 0 Å². The second kappa shape index (κ2) is 6.17. The molecule has 0 aromatic heterocycles. The molecule has 1 saturated carbocycles. The van der Waals surface area contributed by atoms with Crippen LogP contribution in [0.2, 0.25) is 5.02 Å². The van der Waals surface area contributed by atoms with Crippen molar-refractivity contribution in [3.63, 3.8) is 0 Å². The van der Waals surface area contributed by atoms with Crippen molar-refractivity contribution in [2.45, 2.75) is 31.8 Å². The van der Waals surface area contributed by atoms with Crippen LogP contribution in [-0.4, -0.2) is 22.8 Å². The number of rotatable bonds is 5. The van der Waals surface area contributed by atoms with Gasteiger partial charge in [0.1, 0.15) is 5.82 Å². The van der Waals surface area contributed by atoms with Crippen LogP contribution < -0.4 is 0 Å². The molecule has 2 rings (SSSR count). The van der Waals surface area contributed by atoms with Gasteiger partial charge in [-0.15, -0.1) is 0 Å². The van der Waals surface area contributed by atoms with E-state index in [1.165, 1.54) is 25.3 Å². The van der Waals surface area contributed by atoms with Crippen LogP contribution in [-0.2, 0) is 6.54 Å². The minimum absolute atomic E-state index is 0.198. The summed E-state index contributed by atoms with van der Waals surface area (Å²) in [6, 6.07) is 5.49. The van der Waals surface area contributed by atoms with Crippen molar-refractivity contribution in [1.29, 1.82) is 0 Å². The van der Waals surface area contributed by atoms with Crippen molar-refractivity contribution in [1.82, 2.24) is 4.90 Å². The Labute approximate surface area is 115 Å². The summed E-state index contributed by atoms with van der Waals surface area (Å²) in [5, 5.41) is 1.44. The van der Waals surface area contributed by atoms with Gasteiger partial charge in [-0.2, -0.15) is 0 Å². The maximum absolute atomic E-state index is 13.7. The van der Waals surface area contributed by atoms with Gasteiger partial charge in [0, 0.05) is 35.0 Å². The molecule has 0 unspecified atom stereocenters. The van der Waals surface area contributed by atoms with E-state index in [-0.39, 0.29) is 5.82 Å². The predicted octanol–water partition coefficient (Wildman–Crippen LogP) is 4.23. The molecule has 0 heterocycles. The molecule has 17 heavy (non-hydrogen) atoms. The summed E-state index contributed by atoms with van der Waals surface area (Å²) in [5.41, 5.74) is 0.627. The molecule has 1 aliphatic rings. The van der Waals surface area contributed by atoms with Crippen LogP contribution in [0, 0.1) is 5.82 Å². The molecule has 0 radical (unpaired) electrons. The van der Waals surface area contributed by atoms with E-state index in [0.29, 0.717) is 23.2 Å². The summed E-state index contributed by atoms with van der Waals surface area (Å²) in [7, 11) is 0. The Kier molecular flexibility index (Phi) is 4.83. The Balaban J connectivity index is 2.10. The van der Waals surface area contributed by atoms with Crippen LogP contribution in [0.25, 0.3) is 0 Å². The second-order valence-electron chi connectivity index (χ2n) is 4.44. The normalized spacial score (nSPS) is 16.2. The van der Waals surface area contributed by atoms with E-state index in [0.717, 1.165) is 11.9 Å². The molecule has 1 fully saturated rings. The largest absolute Gasteiger partial charge is 0.295 e. The maximum atomic E-state index is 13.7. The molecule has 0 aliphatic heterocycles. The molecular weight excluding hydrogens is 305 g/mol. The lowest BCUT2D eigenvalue weighted by Crippen LogP contribution is -2.40. The zero-order valence-electron chi connectivity index (χ0n) is 9.63. The molecular formula is C13H16BrClFN. The smallest absolute Gasteiger partial charge is 0.129 e. The molecule has 1 aromatic rings. The van der Waals surface area contributed by atoms with Gasteiger partial charge in [0.25, 0.3) is 0 Å². The van der Waals surface area contributed by atoms with E-state index in [1.54, 1.807) is 12.1 Å². The number of benzene rings is 1. The highest BCUT2D eigenvalue weighted by molar-refractivity contribution is 9.09. The quantitative estimate of drug-likeness (QED) is 0.734. The highest BCUT2D eigenvalue weighted by Crippen LogP contribution is 2.28. The van der Waals surface area contributed by atoms with Gasteiger partial charge < -0.3 is 0 Å². The molecule has 0 spiro atoms. The van der Waals surface area contributed by atoms with Crippen LogP contribution in [0.3, 0.4) is 0 Å². The third-order valence-corrected chi connectivity index (χ3v) is 4.09. The lowest BCUT2D eigenvalue weighted by molar-refractivity contribution is 0.127. The summed E-state index contributed by atoms with van der Waals surface area (Å²) in [6.45, 7) is 1.55. The summed E-state index contributed by atoms with van der Waals surface area (Å²) >= 11 is 9.51. The minimum atomic E-state index is -0.198. The van der Waals surface area contributed by atoms with E-state index >= 15 is 0 Å². The number of halogens is 3. The molecule has 0 saturated heterocycles. The van der Waals surface area contributed by atoms with Gasteiger partial charge >= 0.3 is 0 Å². The Morgan fingerprint density at radius 3 is 2.71 bits per heavy atom. The van der Waals surface area contributed by atoms with Crippen molar-refractivity contribution in [3.8, 4) is 0 Å². The SMILES string of the molecule is Fc1cccc(Cl)c1CN(CCBr)C1CCC1. The molecule has 0 amide bonds. The zero-order valence-corrected chi connectivity index (χ0v) is 12.0. The zero-order chi connectivity index (χ0) is 12.3. The van der Waals surface area contributed by atoms with E-state index in [1.807, 2.05) is 0 Å².